The Balaban J connectivity index is 2.25. The van der Waals surface area contributed by atoms with E-state index >= 15 is 0 Å². The van der Waals surface area contributed by atoms with Gasteiger partial charge in [0.1, 0.15) is 16.4 Å². The Morgan fingerprint density at radius 3 is 2.20 bits per heavy atom. The van der Waals surface area contributed by atoms with E-state index in [0.717, 1.165) is 0 Å². The Morgan fingerprint density at radius 2 is 1.69 bits per heavy atom. The van der Waals surface area contributed by atoms with Gasteiger partial charge in [0.05, 0.1) is 17.2 Å². The molecule has 1 unspecified atom stereocenters. The van der Waals surface area contributed by atoms with Crippen molar-refractivity contribution in [2.24, 2.45) is 0 Å². The van der Waals surface area contributed by atoms with Crippen LogP contribution in [0.1, 0.15) is 34.1 Å². The van der Waals surface area contributed by atoms with Crippen molar-refractivity contribution < 1.29 is 22.3 Å². The first-order valence-electron chi connectivity index (χ1n) is 11.1. The number of benzene rings is 2. The van der Waals surface area contributed by atoms with Crippen LogP contribution in [0.3, 0.4) is 0 Å². The fourth-order valence-electron chi connectivity index (χ4n) is 3.06. The van der Waals surface area contributed by atoms with Crippen LogP contribution in [0.5, 0.6) is 17.2 Å². The Morgan fingerprint density at radius 1 is 1.11 bits per heavy atom. The molecule has 0 aliphatic rings. The van der Waals surface area contributed by atoms with Crippen molar-refractivity contribution in [3.63, 3.8) is 0 Å². The lowest BCUT2D eigenvalue weighted by molar-refractivity contribution is 0.182. The molecule has 35 heavy (non-hydrogen) atoms. The molecule has 196 valence electrons. The van der Waals surface area contributed by atoms with E-state index in [0.29, 0.717) is 10.9 Å². The number of halogens is 3. The number of methoxy groups -OCH3 is 1. The third-order valence-electron chi connectivity index (χ3n) is 6.16. The van der Waals surface area contributed by atoms with Gasteiger partial charge in [-0.2, -0.15) is 0 Å². The molecule has 0 aliphatic heterocycles. The van der Waals surface area contributed by atoms with E-state index < -0.39 is 18.3 Å². The molecule has 2 rings (SSSR count). The molecule has 0 bridgehead atoms. The summed E-state index contributed by atoms with van der Waals surface area (Å²) in [4.78, 5) is -0.0117. The zero-order chi connectivity index (χ0) is 26.8. The van der Waals surface area contributed by atoms with Crippen LogP contribution in [-0.4, -0.2) is 47.8 Å². The van der Waals surface area contributed by atoms with Crippen molar-refractivity contribution in [2.75, 3.05) is 20.7 Å². The van der Waals surface area contributed by atoms with Gasteiger partial charge in [-0.25, -0.2) is 12.7 Å². The summed E-state index contributed by atoms with van der Waals surface area (Å²) < 4.78 is 46.5. The maximum absolute atomic E-state index is 13.5. The zero-order valence-corrected chi connectivity index (χ0v) is 26.3. The van der Waals surface area contributed by atoms with E-state index in [2.05, 4.69) is 49.8 Å². The molecule has 1 atom stereocenters. The molecule has 11 heteroatoms. The molecule has 0 spiro atoms. The lowest BCUT2D eigenvalue weighted by atomic mass is 10.2. The van der Waals surface area contributed by atoms with E-state index in [4.69, 9.17) is 37.1 Å². The lowest BCUT2D eigenvalue weighted by Gasteiger charge is -2.38. The van der Waals surface area contributed by atoms with Gasteiger partial charge in [-0.15, -0.1) is 0 Å². The highest BCUT2D eigenvalue weighted by atomic mass is 79.9. The molecule has 0 saturated heterocycles. The maximum atomic E-state index is 13.5. The quantitative estimate of drug-likeness (QED) is 0.250. The molecular weight excluding hydrogens is 593 g/mol. The molecule has 0 N–H and O–H groups in total. The molecule has 0 radical (unpaired) electrons. The van der Waals surface area contributed by atoms with Crippen molar-refractivity contribution in [2.45, 2.75) is 63.2 Å². The summed E-state index contributed by atoms with van der Waals surface area (Å²) in [5, 5.41) is 0.656. The average Bonchev–Trinajstić information content (AvgIpc) is 2.73. The molecular formula is C24H34BrCl2NO5SSi. The Bertz CT molecular complexity index is 1130. The molecule has 0 fully saturated rings. The SMILES string of the molecule is COc1ccc(Oc2c(Cl)cc(Br)cc2Cl)cc1S(=O)(=O)N(C)CCC(C)O[Si](C)(C)C(C)(C)C. The Kier molecular flexibility index (Phi) is 10.2. The maximum Gasteiger partial charge on any atom is 0.246 e. The van der Waals surface area contributed by atoms with Crippen molar-refractivity contribution in [3.05, 3.63) is 44.8 Å². The van der Waals surface area contributed by atoms with E-state index in [1.54, 1.807) is 31.3 Å². The smallest absolute Gasteiger partial charge is 0.246 e. The minimum atomic E-state index is -3.88. The van der Waals surface area contributed by atoms with E-state index in [1.807, 2.05) is 6.92 Å². The summed E-state index contributed by atoms with van der Waals surface area (Å²) in [5.74, 6) is 0.705. The fourth-order valence-corrected chi connectivity index (χ4v) is 7.17. The fraction of sp³-hybridized carbons (Fsp3) is 0.500. The molecule has 0 saturated carbocycles. The van der Waals surface area contributed by atoms with Crippen LogP contribution in [-0.2, 0) is 14.4 Å². The van der Waals surface area contributed by atoms with Gasteiger partial charge < -0.3 is 13.9 Å². The molecule has 0 amide bonds. The zero-order valence-electron chi connectivity index (χ0n) is 21.4. The minimum absolute atomic E-state index is 0.0117. The van der Waals surface area contributed by atoms with E-state index in [1.165, 1.54) is 17.5 Å². The number of rotatable bonds is 10. The van der Waals surface area contributed by atoms with Gasteiger partial charge in [-0.3, -0.25) is 0 Å². The predicted molar refractivity (Wildman–Crippen MR) is 149 cm³/mol. The van der Waals surface area contributed by atoms with Gasteiger partial charge in [-0.1, -0.05) is 59.9 Å². The van der Waals surface area contributed by atoms with Gasteiger partial charge in [0, 0.05) is 30.2 Å². The van der Waals surface area contributed by atoms with E-state index in [-0.39, 0.29) is 49.9 Å². The third kappa shape index (κ3) is 7.60. The van der Waals surface area contributed by atoms with Crippen molar-refractivity contribution in [1.82, 2.24) is 4.31 Å². The summed E-state index contributed by atoms with van der Waals surface area (Å²) in [7, 11) is -2.86. The Hall–Kier alpha value is -0.813. The highest BCUT2D eigenvalue weighted by Crippen LogP contribution is 2.41. The summed E-state index contributed by atoms with van der Waals surface area (Å²) in [6.45, 7) is 13.2. The van der Waals surface area contributed by atoms with Crippen LogP contribution in [0, 0.1) is 0 Å². The van der Waals surface area contributed by atoms with Crippen LogP contribution in [0.25, 0.3) is 0 Å². The first kappa shape index (κ1) is 30.4. The number of nitrogens with zero attached hydrogens (tertiary/aromatic N) is 1. The Labute approximate surface area is 229 Å². The highest BCUT2D eigenvalue weighted by Gasteiger charge is 2.38. The number of sulfonamides is 1. The standard InChI is InChI=1S/C24H34BrCl2NO5SSi/c1-16(33-35(7,8)24(2,3)4)11-12-28(5)34(29,30)22-15-18(9-10-21(22)31-6)32-23-19(26)13-17(25)14-20(23)27/h9-10,13-16H,11-12H2,1-8H3. The minimum Gasteiger partial charge on any atom is -0.495 e. The summed E-state index contributed by atoms with van der Waals surface area (Å²) in [6.07, 6.45) is 0.483. The number of hydrogen-bond donors (Lipinski definition) is 0. The second-order valence-electron chi connectivity index (χ2n) is 9.92. The average molecular weight is 628 g/mol. The third-order valence-corrected chi connectivity index (χ3v) is 13.7. The molecule has 6 nitrogen and oxygen atoms in total. The van der Waals surface area contributed by atoms with Gasteiger partial charge in [-0.05, 0) is 55.7 Å². The van der Waals surface area contributed by atoms with Crippen LogP contribution in [0.4, 0.5) is 0 Å². The summed E-state index contributed by atoms with van der Waals surface area (Å²) in [6, 6.07) is 7.84. The largest absolute Gasteiger partial charge is 0.495 e. The topological polar surface area (TPSA) is 65.1 Å². The number of hydrogen-bond acceptors (Lipinski definition) is 5. The molecule has 0 aromatic heterocycles. The first-order chi connectivity index (χ1) is 16.0. The van der Waals surface area contributed by atoms with Gasteiger partial charge in [0.2, 0.25) is 10.0 Å². The van der Waals surface area contributed by atoms with Crippen molar-refractivity contribution >= 4 is 57.5 Å². The van der Waals surface area contributed by atoms with E-state index in [9.17, 15) is 8.42 Å². The number of ether oxygens (including phenoxy) is 2. The molecule has 2 aromatic carbocycles. The van der Waals surface area contributed by atoms with Crippen molar-refractivity contribution in [1.29, 1.82) is 0 Å². The van der Waals surface area contributed by atoms with Crippen LogP contribution in [0.15, 0.2) is 39.7 Å². The summed E-state index contributed by atoms with van der Waals surface area (Å²) >= 11 is 15.9. The van der Waals surface area contributed by atoms with Crippen LogP contribution < -0.4 is 9.47 Å². The monoisotopic (exact) mass is 625 g/mol. The first-order valence-corrected chi connectivity index (χ1v) is 17.0. The molecule has 2 aromatic rings. The highest BCUT2D eigenvalue weighted by molar-refractivity contribution is 9.10. The van der Waals surface area contributed by atoms with Gasteiger partial charge >= 0.3 is 0 Å². The predicted octanol–water partition coefficient (Wildman–Crippen LogP) is 7.98. The second-order valence-corrected chi connectivity index (χ2v) is 18.4. The van der Waals surface area contributed by atoms with Gasteiger partial charge in [0.25, 0.3) is 0 Å². The summed E-state index contributed by atoms with van der Waals surface area (Å²) in [5.41, 5.74) is 0. The van der Waals surface area contributed by atoms with Crippen LogP contribution >= 0.6 is 39.1 Å². The second kappa shape index (κ2) is 11.7. The lowest BCUT2D eigenvalue weighted by Crippen LogP contribution is -2.44. The normalized spacial score (nSPS) is 13.7. The van der Waals surface area contributed by atoms with Gasteiger partial charge in [0.15, 0.2) is 14.1 Å². The molecule has 0 heterocycles. The molecule has 0 aliphatic carbocycles. The van der Waals surface area contributed by atoms with Crippen LogP contribution in [0.2, 0.25) is 28.2 Å². The van der Waals surface area contributed by atoms with Crippen molar-refractivity contribution in [3.8, 4) is 17.2 Å².